The highest BCUT2D eigenvalue weighted by Gasteiger charge is 2.26. The van der Waals surface area contributed by atoms with Crippen molar-refractivity contribution < 1.29 is 4.79 Å². The molecule has 5 nitrogen and oxygen atoms in total. The summed E-state index contributed by atoms with van der Waals surface area (Å²) in [6.45, 7) is 5.67. The maximum Gasteiger partial charge on any atom is 0.253 e. The number of fused-ring (bicyclic) bond motifs is 1. The van der Waals surface area contributed by atoms with Crippen molar-refractivity contribution in [3.8, 4) is 0 Å². The van der Waals surface area contributed by atoms with Gasteiger partial charge in [0.15, 0.2) is 0 Å². The number of carbonyl (C=O) groups is 1. The smallest absolute Gasteiger partial charge is 0.253 e. The zero-order valence-corrected chi connectivity index (χ0v) is 14.6. The van der Waals surface area contributed by atoms with Crippen LogP contribution >= 0.6 is 0 Å². The maximum absolute atomic E-state index is 13.0. The van der Waals surface area contributed by atoms with Gasteiger partial charge in [0.2, 0.25) is 0 Å². The van der Waals surface area contributed by atoms with E-state index in [0.29, 0.717) is 6.54 Å². The van der Waals surface area contributed by atoms with E-state index in [1.165, 1.54) is 5.56 Å². The molecule has 3 aromatic rings. The number of nitrogens with one attached hydrogen (secondary N) is 1. The molecule has 3 heterocycles. The lowest BCUT2D eigenvalue weighted by Gasteiger charge is -2.32. The Balaban J connectivity index is 1.59. The number of rotatable bonds is 2. The average molecular weight is 334 g/mol. The lowest BCUT2D eigenvalue weighted by molar-refractivity contribution is 0.0706. The number of hydrogen-bond donors (Lipinski definition) is 1. The summed E-state index contributed by atoms with van der Waals surface area (Å²) in [5.41, 5.74) is 5.19. The van der Waals surface area contributed by atoms with E-state index in [9.17, 15) is 4.79 Å². The lowest BCUT2D eigenvalue weighted by Crippen LogP contribution is -2.39. The van der Waals surface area contributed by atoms with Crippen LogP contribution in [0.15, 0.2) is 36.8 Å². The molecule has 0 spiro atoms. The highest BCUT2D eigenvalue weighted by molar-refractivity contribution is 5.99. The summed E-state index contributed by atoms with van der Waals surface area (Å²) in [7, 11) is 0. The largest absolute Gasteiger partial charge is 0.358 e. The minimum Gasteiger partial charge on any atom is -0.358 e. The van der Waals surface area contributed by atoms with Crippen molar-refractivity contribution in [2.45, 2.75) is 32.6 Å². The fourth-order valence-corrected chi connectivity index (χ4v) is 3.70. The number of aryl methyl sites for hydroxylation is 2. The highest BCUT2D eigenvalue weighted by Crippen LogP contribution is 2.27. The number of aromatic amines is 1. The molecule has 4 rings (SSSR count). The SMILES string of the molecule is Cc1[nH]c2ccc(C(=O)N3CCCC(c4cnccn4)C3)cc2c1C. The average Bonchev–Trinajstić information content (AvgIpc) is 2.95. The number of carbonyl (C=O) groups excluding carboxylic acids is 1. The van der Waals surface area contributed by atoms with Crippen LogP contribution in [-0.2, 0) is 0 Å². The van der Waals surface area contributed by atoms with Crippen LogP contribution in [0.25, 0.3) is 10.9 Å². The Morgan fingerprint density at radius 2 is 2.16 bits per heavy atom. The molecule has 0 saturated carbocycles. The number of hydrogen-bond acceptors (Lipinski definition) is 3. The van der Waals surface area contributed by atoms with Crippen molar-refractivity contribution in [3.05, 3.63) is 59.3 Å². The van der Waals surface area contributed by atoms with Crippen LogP contribution in [0, 0.1) is 13.8 Å². The Labute approximate surface area is 147 Å². The van der Waals surface area contributed by atoms with Crippen molar-refractivity contribution in [2.75, 3.05) is 13.1 Å². The third-order valence-corrected chi connectivity index (χ3v) is 5.27. The normalized spacial score (nSPS) is 17.8. The third kappa shape index (κ3) is 2.90. The molecule has 1 aliphatic heterocycles. The van der Waals surface area contributed by atoms with E-state index in [0.717, 1.165) is 47.2 Å². The van der Waals surface area contributed by atoms with Crippen LogP contribution in [0.5, 0.6) is 0 Å². The fourth-order valence-electron chi connectivity index (χ4n) is 3.70. The number of H-pyrrole nitrogens is 1. The molecule has 1 atom stereocenters. The van der Waals surface area contributed by atoms with Gasteiger partial charge in [-0.1, -0.05) is 0 Å². The minimum atomic E-state index is 0.105. The van der Waals surface area contributed by atoms with Gasteiger partial charge < -0.3 is 9.88 Å². The van der Waals surface area contributed by atoms with Crippen molar-refractivity contribution in [1.29, 1.82) is 0 Å². The Bertz CT molecular complexity index is 916. The van der Waals surface area contributed by atoms with Crippen LogP contribution in [0.3, 0.4) is 0 Å². The predicted octanol–water partition coefficient (Wildman–Crippen LogP) is 3.59. The molecule has 25 heavy (non-hydrogen) atoms. The Hall–Kier alpha value is -2.69. The molecule has 0 aliphatic carbocycles. The summed E-state index contributed by atoms with van der Waals surface area (Å²) >= 11 is 0. The Morgan fingerprint density at radius 1 is 1.28 bits per heavy atom. The first-order valence-corrected chi connectivity index (χ1v) is 8.77. The van der Waals surface area contributed by atoms with E-state index in [2.05, 4.69) is 28.8 Å². The lowest BCUT2D eigenvalue weighted by atomic mass is 9.94. The molecule has 0 radical (unpaired) electrons. The van der Waals surface area contributed by atoms with Gasteiger partial charge in [-0.15, -0.1) is 0 Å². The van der Waals surface area contributed by atoms with Crippen LogP contribution in [0.4, 0.5) is 0 Å². The van der Waals surface area contributed by atoms with Gasteiger partial charge in [0.05, 0.1) is 5.69 Å². The van der Waals surface area contributed by atoms with Crippen LogP contribution in [0.2, 0.25) is 0 Å². The molecule has 1 fully saturated rings. The maximum atomic E-state index is 13.0. The number of benzene rings is 1. The molecular formula is C20H22N4O. The molecule has 1 amide bonds. The van der Waals surface area contributed by atoms with E-state index in [1.807, 2.05) is 29.3 Å². The number of aromatic nitrogens is 3. The summed E-state index contributed by atoms with van der Waals surface area (Å²) in [5, 5.41) is 1.13. The molecule has 2 aromatic heterocycles. The second kappa shape index (κ2) is 6.31. The first kappa shape index (κ1) is 15.8. The van der Waals surface area contributed by atoms with E-state index in [4.69, 9.17) is 0 Å². The summed E-state index contributed by atoms with van der Waals surface area (Å²) in [6.07, 6.45) is 7.28. The summed E-state index contributed by atoms with van der Waals surface area (Å²) in [6, 6.07) is 5.95. The van der Waals surface area contributed by atoms with Crippen LogP contribution in [-0.4, -0.2) is 38.8 Å². The second-order valence-electron chi connectivity index (χ2n) is 6.86. The van der Waals surface area contributed by atoms with Gasteiger partial charge in [-0.3, -0.25) is 14.8 Å². The summed E-state index contributed by atoms with van der Waals surface area (Å²) in [5.74, 6) is 0.375. The number of piperidine rings is 1. The van der Waals surface area contributed by atoms with E-state index < -0.39 is 0 Å². The third-order valence-electron chi connectivity index (χ3n) is 5.27. The molecule has 0 bridgehead atoms. The highest BCUT2D eigenvalue weighted by atomic mass is 16.2. The molecule has 1 aliphatic rings. The van der Waals surface area contributed by atoms with E-state index >= 15 is 0 Å². The van der Waals surface area contributed by atoms with Crippen molar-refractivity contribution >= 4 is 16.8 Å². The molecule has 5 heteroatoms. The molecule has 1 N–H and O–H groups in total. The van der Waals surface area contributed by atoms with Crippen molar-refractivity contribution in [1.82, 2.24) is 19.9 Å². The molecule has 1 unspecified atom stereocenters. The zero-order valence-electron chi connectivity index (χ0n) is 14.6. The van der Waals surface area contributed by atoms with Gasteiger partial charge in [-0.25, -0.2) is 0 Å². The Morgan fingerprint density at radius 3 is 2.96 bits per heavy atom. The van der Waals surface area contributed by atoms with Crippen LogP contribution in [0.1, 0.15) is 46.1 Å². The van der Waals surface area contributed by atoms with Gasteiger partial charge in [0, 0.05) is 59.8 Å². The van der Waals surface area contributed by atoms with Gasteiger partial charge >= 0.3 is 0 Å². The summed E-state index contributed by atoms with van der Waals surface area (Å²) < 4.78 is 0. The number of amides is 1. The molecular weight excluding hydrogens is 312 g/mol. The monoisotopic (exact) mass is 334 g/mol. The quantitative estimate of drug-likeness (QED) is 0.779. The van der Waals surface area contributed by atoms with E-state index in [1.54, 1.807) is 12.4 Å². The summed E-state index contributed by atoms with van der Waals surface area (Å²) in [4.78, 5) is 26.9. The molecule has 1 saturated heterocycles. The van der Waals surface area contributed by atoms with Gasteiger partial charge in [-0.2, -0.15) is 0 Å². The first-order chi connectivity index (χ1) is 12.1. The van der Waals surface area contributed by atoms with E-state index in [-0.39, 0.29) is 11.8 Å². The van der Waals surface area contributed by atoms with Gasteiger partial charge in [-0.05, 0) is 50.5 Å². The zero-order chi connectivity index (χ0) is 17.4. The van der Waals surface area contributed by atoms with Gasteiger partial charge in [0.1, 0.15) is 0 Å². The number of likely N-dealkylation sites (tertiary alicyclic amines) is 1. The van der Waals surface area contributed by atoms with Crippen LogP contribution < -0.4 is 0 Å². The molecule has 1 aromatic carbocycles. The Kier molecular flexibility index (Phi) is 3.99. The standard InChI is InChI=1S/C20H22N4O/c1-13-14(2)23-18-6-5-15(10-17(13)18)20(25)24-9-3-4-16(12-24)19-11-21-7-8-22-19/h5-8,10-11,16,23H,3-4,9,12H2,1-2H3. The number of nitrogens with zero attached hydrogens (tertiary/aromatic N) is 3. The predicted molar refractivity (Wildman–Crippen MR) is 97.7 cm³/mol. The van der Waals surface area contributed by atoms with Crippen molar-refractivity contribution in [3.63, 3.8) is 0 Å². The van der Waals surface area contributed by atoms with Crippen molar-refractivity contribution in [2.24, 2.45) is 0 Å². The van der Waals surface area contributed by atoms with Gasteiger partial charge in [0.25, 0.3) is 5.91 Å². The fraction of sp³-hybridized carbons (Fsp3) is 0.350. The topological polar surface area (TPSA) is 61.9 Å². The second-order valence-corrected chi connectivity index (χ2v) is 6.86. The minimum absolute atomic E-state index is 0.105. The first-order valence-electron chi connectivity index (χ1n) is 8.77. The molecule has 128 valence electrons.